The third-order valence-corrected chi connectivity index (χ3v) is 4.03. The lowest BCUT2D eigenvalue weighted by Crippen LogP contribution is -2.44. The highest BCUT2D eigenvalue weighted by Crippen LogP contribution is 2.39. The molecule has 0 saturated carbocycles. The van der Waals surface area contributed by atoms with Crippen molar-refractivity contribution >= 4 is 11.5 Å². The second-order valence-corrected chi connectivity index (χ2v) is 5.23. The van der Waals surface area contributed by atoms with E-state index in [1.165, 1.54) is 0 Å². The van der Waals surface area contributed by atoms with Gasteiger partial charge in [-0.2, -0.15) is 0 Å². The highest BCUT2D eigenvalue weighted by molar-refractivity contribution is 5.93. The summed E-state index contributed by atoms with van der Waals surface area (Å²) in [4.78, 5) is 6.47. The maximum absolute atomic E-state index is 9.80. The first-order valence-corrected chi connectivity index (χ1v) is 6.42. The number of nitrogens with one attached hydrogen (secondary N) is 1. The molecular formula is C13H18N4O. The Kier molecular flexibility index (Phi) is 2.70. The summed E-state index contributed by atoms with van der Waals surface area (Å²) in [5.41, 5.74) is 7.09. The second kappa shape index (κ2) is 4.24. The molecule has 5 nitrogen and oxygen atoms in total. The standard InChI is InChI=1S/C13H18N4O/c14-13(15)12-7-10(3-4-16-12)17-8-1-2-9(17)6-11(18)5-8/h3-4,7-9,11,18H,1-2,5-6H2,(H3,14,15). The lowest BCUT2D eigenvalue weighted by molar-refractivity contribution is 0.126. The van der Waals surface area contributed by atoms with Gasteiger partial charge in [0.1, 0.15) is 11.5 Å². The van der Waals surface area contributed by atoms with E-state index in [0.717, 1.165) is 31.4 Å². The first-order chi connectivity index (χ1) is 8.65. The Morgan fingerprint density at radius 3 is 2.67 bits per heavy atom. The smallest absolute Gasteiger partial charge is 0.141 e. The molecule has 18 heavy (non-hydrogen) atoms. The van der Waals surface area contributed by atoms with Crippen LogP contribution in [0.4, 0.5) is 5.69 Å². The van der Waals surface area contributed by atoms with Gasteiger partial charge in [0.05, 0.1) is 6.10 Å². The molecule has 2 aliphatic heterocycles. The molecule has 0 radical (unpaired) electrons. The van der Waals surface area contributed by atoms with Crippen LogP contribution >= 0.6 is 0 Å². The van der Waals surface area contributed by atoms with Gasteiger partial charge in [-0.25, -0.2) is 0 Å². The molecule has 3 heterocycles. The van der Waals surface area contributed by atoms with E-state index in [-0.39, 0.29) is 11.9 Å². The van der Waals surface area contributed by atoms with Crippen LogP contribution in [0, 0.1) is 5.41 Å². The summed E-state index contributed by atoms with van der Waals surface area (Å²) in [7, 11) is 0. The maximum Gasteiger partial charge on any atom is 0.141 e. The molecule has 2 atom stereocenters. The number of hydrogen-bond donors (Lipinski definition) is 3. The molecular weight excluding hydrogens is 228 g/mol. The molecule has 0 spiro atoms. The van der Waals surface area contributed by atoms with Gasteiger partial charge in [0.25, 0.3) is 0 Å². The van der Waals surface area contributed by atoms with Crippen molar-refractivity contribution in [2.75, 3.05) is 4.90 Å². The number of pyridine rings is 1. The first-order valence-electron chi connectivity index (χ1n) is 6.42. The molecule has 1 aromatic heterocycles. The average Bonchev–Trinajstić information content (AvgIpc) is 2.62. The van der Waals surface area contributed by atoms with Crippen LogP contribution in [0.1, 0.15) is 31.4 Å². The van der Waals surface area contributed by atoms with Crippen LogP contribution in [0.25, 0.3) is 0 Å². The molecule has 2 fully saturated rings. The van der Waals surface area contributed by atoms with E-state index in [9.17, 15) is 5.11 Å². The van der Waals surface area contributed by atoms with Crippen molar-refractivity contribution in [2.45, 2.75) is 43.9 Å². The molecule has 3 rings (SSSR count). The van der Waals surface area contributed by atoms with Crippen LogP contribution in [0.15, 0.2) is 18.3 Å². The van der Waals surface area contributed by atoms with Gasteiger partial charge in [-0.05, 0) is 37.8 Å². The molecule has 0 aromatic carbocycles. The minimum Gasteiger partial charge on any atom is -0.393 e. The monoisotopic (exact) mass is 246 g/mol. The van der Waals surface area contributed by atoms with Gasteiger partial charge in [0, 0.05) is 24.0 Å². The van der Waals surface area contributed by atoms with Gasteiger partial charge in [-0.15, -0.1) is 0 Å². The number of piperidine rings is 1. The van der Waals surface area contributed by atoms with Crippen molar-refractivity contribution in [1.82, 2.24) is 4.98 Å². The summed E-state index contributed by atoms with van der Waals surface area (Å²) in [5.74, 6) is 0.00115. The SMILES string of the molecule is N=C(N)c1cc(N2C3CCC2CC(O)C3)ccn1. The minimum atomic E-state index is -0.159. The zero-order chi connectivity index (χ0) is 12.7. The number of aliphatic hydroxyl groups is 1. The van der Waals surface area contributed by atoms with Crippen LogP contribution in [-0.4, -0.2) is 34.1 Å². The Bertz CT molecular complexity index is 462. The molecule has 0 aliphatic carbocycles. The van der Waals surface area contributed by atoms with Crippen molar-refractivity contribution in [3.8, 4) is 0 Å². The number of nitrogen functional groups attached to an aromatic ring is 1. The van der Waals surface area contributed by atoms with Gasteiger partial charge < -0.3 is 15.7 Å². The largest absolute Gasteiger partial charge is 0.393 e. The molecule has 2 bridgehead atoms. The number of fused-ring (bicyclic) bond motifs is 2. The fraction of sp³-hybridized carbons (Fsp3) is 0.538. The van der Waals surface area contributed by atoms with E-state index < -0.39 is 0 Å². The Labute approximate surface area is 106 Å². The number of nitrogens with two attached hydrogens (primary N) is 1. The van der Waals surface area contributed by atoms with Gasteiger partial charge in [-0.1, -0.05) is 0 Å². The lowest BCUT2D eigenvalue weighted by atomic mass is 9.99. The molecule has 4 N–H and O–H groups in total. The first kappa shape index (κ1) is 11.5. The van der Waals surface area contributed by atoms with Crippen molar-refractivity contribution in [2.24, 2.45) is 5.73 Å². The molecule has 1 aromatic rings. The zero-order valence-electron chi connectivity index (χ0n) is 10.2. The van der Waals surface area contributed by atoms with Gasteiger partial charge in [-0.3, -0.25) is 10.4 Å². The summed E-state index contributed by atoms with van der Waals surface area (Å²) in [5, 5.41) is 17.3. The summed E-state index contributed by atoms with van der Waals surface area (Å²) in [6.07, 6.45) is 5.51. The Hall–Kier alpha value is -1.62. The predicted octanol–water partition coefficient (Wildman–Crippen LogP) is 0.858. The van der Waals surface area contributed by atoms with Crippen molar-refractivity contribution < 1.29 is 5.11 Å². The number of nitrogens with zero attached hydrogens (tertiary/aromatic N) is 2. The molecule has 5 heteroatoms. The van der Waals surface area contributed by atoms with Crippen molar-refractivity contribution in [1.29, 1.82) is 5.41 Å². The number of anilines is 1. The number of hydrogen-bond acceptors (Lipinski definition) is 4. The third kappa shape index (κ3) is 1.84. The van der Waals surface area contributed by atoms with E-state index in [2.05, 4.69) is 9.88 Å². The summed E-state index contributed by atoms with van der Waals surface area (Å²) in [6, 6.07) is 4.68. The molecule has 96 valence electrons. The van der Waals surface area contributed by atoms with E-state index in [0.29, 0.717) is 17.8 Å². The van der Waals surface area contributed by atoms with Gasteiger partial charge in [0.15, 0.2) is 0 Å². The Morgan fingerprint density at radius 2 is 2.06 bits per heavy atom. The van der Waals surface area contributed by atoms with Gasteiger partial charge in [0.2, 0.25) is 0 Å². The average molecular weight is 246 g/mol. The minimum absolute atomic E-state index is 0.00115. The highest BCUT2D eigenvalue weighted by Gasteiger charge is 2.40. The quantitative estimate of drug-likeness (QED) is 0.533. The van der Waals surface area contributed by atoms with Crippen LogP contribution in [0.2, 0.25) is 0 Å². The topological polar surface area (TPSA) is 86.2 Å². The van der Waals surface area contributed by atoms with Crippen LogP contribution in [-0.2, 0) is 0 Å². The molecule has 2 unspecified atom stereocenters. The Balaban J connectivity index is 1.91. The maximum atomic E-state index is 9.80. The van der Waals surface area contributed by atoms with Crippen LogP contribution in [0.3, 0.4) is 0 Å². The predicted molar refractivity (Wildman–Crippen MR) is 69.8 cm³/mol. The van der Waals surface area contributed by atoms with Crippen molar-refractivity contribution in [3.05, 3.63) is 24.0 Å². The van der Waals surface area contributed by atoms with E-state index in [1.807, 2.05) is 12.1 Å². The number of aliphatic hydroxyl groups excluding tert-OH is 1. The fourth-order valence-corrected chi connectivity index (χ4v) is 3.30. The molecule has 0 amide bonds. The van der Waals surface area contributed by atoms with Crippen LogP contribution < -0.4 is 10.6 Å². The number of aromatic nitrogens is 1. The van der Waals surface area contributed by atoms with E-state index in [1.54, 1.807) is 6.20 Å². The Morgan fingerprint density at radius 1 is 1.39 bits per heavy atom. The summed E-state index contributed by atoms with van der Waals surface area (Å²) >= 11 is 0. The second-order valence-electron chi connectivity index (χ2n) is 5.23. The third-order valence-electron chi connectivity index (χ3n) is 4.03. The normalized spacial score (nSPS) is 30.5. The fourth-order valence-electron chi connectivity index (χ4n) is 3.30. The summed E-state index contributed by atoms with van der Waals surface area (Å²) in [6.45, 7) is 0. The summed E-state index contributed by atoms with van der Waals surface area (Å²) < 4.78 is 0. The van der Waals surface area contributed by atoms with Crippen LogP contribution in [0.5, 0.6) is 0 Å². The molecule has 2 aliphatic rings. The van der Waals surface area contributed by atoms with Crippen molar-refractivity contribution in [3.63, 3.8) is 0 Å². The van der Waals surface area contributed by atoms with E-state index in [4.69, 9.17) is 11.1 Å². The van der Waals surface area contributed by atoms with E-state index >= 15 is 0 Å². The number of amidine groups is 1. The zero-order valence-corrected chi connectivity index (χ0v) is 10.2. The number of rotatable bonds is 2. The highest BCUT2D eigenvalue weighted by atomic mass is 16.3. The molecule has 2 saturated heterocycles. The van der Waals surface area contributed by atoms with Gasteiger partial charge >= 0.3 is 0 Å². The lowest BCUT2D eigenvalue weighted by Gasteiger charge is -2.39.